The summed E-state index contributed by atoms with van der Waals surface area (Å²) < 4.78 is 0. The van der Waals surface area contributed by atoms with E-state index >= 15 is 0 Å². The van der Waals surface area contributed by atoms with Crippen LogP contribution in [0.25, 0.3) is 0 Å². The van der Waals surface area contributed by atoms with Crippen molar-refractivity contribution in [1.82, 2.24) is 0 Å². The molecular formula is C9H14Rh-4. The SMILES string of the molecule is [CH3-].[CH3-].[CH3-].[Rh].[c-]1ccccc1. The van der Waals surface area contributed by atoms with Crippen LogP contribution in [0.2, 0.25) is 0 Å². The van der Waals surface area contributed by atoms with Gasteiger partial charge in [0.05, 0.1) is 0 Å². The van der Waals surface area contributed by atoms with E-state index in [4.69, 9.17) is 0 Å². The normalized spacial score (nSPS) is 4.80. The van der Waals surface area contributed by atoms with Crippen molar-refractivity contribution in [1.29, 1.82) is 0 Å². The summed E-state index contributed by atoms with van der Waals surface area (Å²) in [6, 6.07) is 12.5. The molecular weight excluding hydrogens is 211 g/mol. The summed E-state index contributed by atoms with van der Waals surface area (Å²) in [6.07, 6.45) is 0. The average molecular weight is 225 g/mol. The Balaban J connectivity index is -0.0000000450. The summed E-state index contributed by atoms with van der Waals surface area (Å²) in [5.41, 5.74) is 0. The summed E-state index contributed by atoms with van der Waals surface area (Å²) in [4.78, 5) is 0. The van der Waals surface area contributed by atoms with Crippen LogP contribution in [0.15, 0.2) is 30.3 Å². The Morgan fingerprint density at radius 2 is 1.10 bits per heavy atom. The summed E-state index contributed by atoms with van der Waals surface area (Å²) >= 11 is 0. The standard InChI is InChI=1S/C6H5.3CH3.Rh/c1-2-4-6-5-3-1;;;;/h1-5H;3*1H3;/q4*-1;. The Kier molecular flexibility index (Phi) is 35.9. The van der Waals surface area contributed by atoms with Crippen LogP contribution >= 0.6 is 0 Å². The molecule has 0 heterocycles. The summed E-state index contributed by atoms with van der Waals surface area (Å²) in [6.45, 7) is 0. The second-order valence-corrected chi connectivity index (χ2v) is 1.08. The van der Waals surface area contributed by atoms with Crippen LogP contribution in [-0.4, -0.2) is 0 Å². The predicted molar refractivity (Wildman–Crippen MR) is 44.5 cm³/mol. The Hall–Kier alpha value is -0.157. The fourth-order valence-electron chi connectivity index (χ4n) is 0.342. The van der Waals surface area contributed by atoms with Gasteiger partial charge in [-0.05, 0) is 0 Å². The molecule has 0 N–H and O–H groups in total. The third kappa shape index (κ3) is 10.8. The van der Waals surface area contributed by atoms with E-state index in [1.54, 1.807) is 0 Å². The first-order chi connectivity index (χ1) is 3.00. The summed E-state index contributed by atoms with van der Waals surface area (Å²) in [7, 11) is 0. The van der Waals surface area contributed by atoms with E-state index < -0.39 is 0 Å². The zero-order chi connectivity index (χ0) is 4.24. The Labute approximate surface area is 78.4 Å². The zero-order valence-electron chi connectivity index (χ0n) is 6.72. The largest absolute Gasteiger partial charge is 0.358 e. The molecule has 1 aromatic carbocycles. The maximum absolute atomic E-state index is 2.89. The minimum absolute atomic E-state index is 0. The molecule has 1 rings (SSSR count). The maximum atomic E-state index is 2.89. The molecule has 0 saturated carbocycles. The molecule has 0 aliphatic rings. The number of benzene rings is 1. The molecule has 63 valence electrons. The molecule has 0 fully saturated rings. The van der Waals surface area contributed by atoms with E-state index in [1.807, 2.05) is 30.3 Å². The van der Waals surface area contributed by atoms with Gasteiger partial charge >= 0.3 is 0 Å². The van der Waals surface area contributed by atoms with Crippen LogP contribution in [0.3, 0.4) is 0 Å². The fourth-order valence-corrected chi connectivity index (χ4v) is 0.342. The van der Waals surface area contributed by atoms with E-state index in [0.29, 0.717) is 0 Å². The maximum Gasteiger partial charge on any atom is 0 e. The molecule has 0 amide bonds. The molecule has 10 heavy (non-hydrogen) atoms. The molecule has 0 aromatic heterocycles. The Morgan fingerprint density at radius 1 is 0.700 bits per heavy atom. The van der Waals surface area contributed by atoms with Crippen molar-refractivity contribution in [3.05, 3.63) is 58.7 Å². The van der Waals surface area contributed by atoms with Gasteiger partial charge in [0.1, 0.15) is 0 Å². The van der Waals surface area contributed by atoms with Crippen LogP contribution in [0.1, 0.15) is 0 Å². The van der Waals surface area contributed by atoms with Gasteiger partial charge < -0.3 is 22.3 Å². The van der Waals surface area contributed by atoms with Crippen molar-refractivity contribution in [2.24, 2.45) is 0 Å². The molecule has 0 atom stereocenters. The van der Waals surface area contributed by atoms with Crippen molar-refractivity contribution < 1.29 is 19.5 Å². The molecule has 0 bridgehead atoms. The topological polar surface area (TPSA) is 0 Å². The molecule has 1 heteroatoms. The second-order valence-electron chi connectivity index (χ2n) is 1.08. The molecule has 0 nitrogen and oxygen atoms in total. The Morgan fingerprint density at radius 3 is 1.20 bits per heavy atom. The van der Waals surface area contributed by atoms with Crippen LogP contribution in [0, 0.1) is 28.3 Å². The molecule has 0 saturated heterocycles. The van der Waals surface area contributed by atoms with Gasteiger partial charge in [-0.25, -0.2) is 0 Å². The van der Waals surface area contributed by atoms with Gasteiger partial charge in [0.15, 0.2) is 0 Å². The zero-order valence-corrected chi connectivity index (χ0v) is 8.36. The smallest absolute Gasteiger partial charge is 0 e. The van der Waals surface area contributed by atoms with Crippen LogP contribution in [0.4, 0.5) is 0 Å². The van der Waals surface area contributed by atoms with Gasteiger partial charge in [0.2, 0.25) is 0 Å². The fraction of sp³-hybridized carbons (Fsp3) is 0. The molecule has 0 aliphatic heterocycles. The monoisotopic (exact) mass is 225 g/mol. The van der Waals surface area contributed by atoms with Gasteiger partial charge in [0.25, 0.3) is 0 Å². The van der Waals surface area contributed by atoms with E-state index in [-0.39, 0.29) is 41.8 Å². The summed E-state index contributed by atoms with van der Waals surface area (Å²) in [5.74, 6) is 0. The van der Waals surface area contributed by atoms with Crippen LogP contribution < -0.4 is 0 Å². The van der Waals surface area contributed by atoms with Crippen LogP contribution in [-0.2, 0) is 19.5 Å². The van der Waals surface area contributed by atoms with Gasteiger partial charge in [-0.2, -0.15) is 36.4 Å². The van der Waals surface area contributed by atoms with E-state index in [0.717, 1.165) is 0 Å². The quantitative estimate of drug-likeness (QED) is 0.470. The van der Waals surface area contributed by atoms with Gasteiger partial charge in [-0.3, -0.25) is 0 Å². The van der Waals surface area contributed by atoms with Crippen molar-refractivity contribution >= 4 is 0 Å². The van der Waals surface area contributed by atoms with E-state index in [2.05, 4.69) is 6.07 Å². The Bertz CT molecular complexity index is 76.7. The van der Waals surface area contributed by atoms with Crippen molar-refractivity contribution in [3.63, 3.8) is 0 Å². The third-order valence-electron chi connectivity index (χ3n) is 0.607. The van der Waals surface area contributed by atoms with Gasteiger partial charge in [0, 0.05) is 19.5 Å². The van der Waals surface area contributed by atoms with Crippen molar-refractivity contribution in [3.8, 4) is 0 Å². The van der Waals surface area contributed by atoms with Crippen molar-refractivity contribution in [2.75, 3.05) is 0 Å². The van der Waals surface area contributed by atoms with Gasteiger partial charge in [-0.15, -0.1) is 0 Å². The molecule has 1 radical (unpaired) electrons. The molecule has 0 aliphatic carbocycles. The first kappa shape index (κ1) is 22.5. The predicted octanol–water partition coefficient (Wildman–Crippen LogP) is 2.84. The number of hydrogen-bond donors (Lipinski definition) is 0. The third-order valence-corrected chi connectivity index (χ3v) is 0.607. The van der Waals surface area contributed by atoms with Gasteiger partial charge in [-0.1, -0.05) is 0 Å². The minimum atomic E-state index is 0. The first-order valence-corrected chi connectivity index (χ1v) is 1.91. The van der Waals surface area contributed by atoms with E-state index in [9.17, 15) is 0 Å². The molecule has 0 unspecified atom stereocenters. The number of rotatable bonds is 0. The van der Waals surface area contributed by atoms with E-state index in [1.165, 1.54) is 0 Å². The number of hydrogen-bond acceptors (Lipinski definition) is 0. The first-order valence-electron chi connectivity index (χ1n) is 1.91. The second kappa shape index (κ2) is 15.9. The molecule has 0 spiro atoms. The molecule has 1 aromatic rings. The van der Waals surface area contributed by atoms with Crippen molar-refractivity contribution in [2.45, 2.75) is 0 Å². The minimum Gasteiger partial charge on any atom is -0.358 e. The van der Waals surface area contributed by atoms with Crippen LogP contribution in [0.5, 0.6) is 0 Å². The summed E-state index contributed by atoms with van der Waals surface area (Å²) in [5, 5.41) is 0. The average Bonchev–Trinajstić information content (AvgIpc) is 1.72.